The average molecular weight is 435 g/mol. The fraction of sp³-hybridized carbons (Fsp3) is 0.118. The van der Waals surface area contributed by atoms with E-state index in [1.54, 1.807) is 24.3 Å². The first-order chi connectivity index (χ1) is 13.9. The summed E-state index contributed by atoms with van der Waals surface area (Å²) in [6.07, 6.45) is 0. The largest absolute Gasteiger partial charge is 0.494 e. The normalized spacial score (nSPS) is 10.6. The molecule has 150 valence electrons. The Bertz CT molecular complexity index is 1060. The van der Waals surface area contributed by atoms with Crippen LogP contribution in [0.4, 0.5) is 11.4 Å². The molecule has 3 N–H and O–H groups in total. The number of thioether (sulfide) groups is 1. The highest BCUT2D eigenvalue weighted by Gasteiger charge is 2.16. The number of nitrogens with two attached hydrogens (primary N) is 1. The third-order valence-electron chi connectivity index (χ3n) is 3.77. The lowest BCUT2D eigenvalue weighted by molar-refractivity contribution is -0.384. The lowest BCUT2D eigenvalue weighted by Gasteiger charge is -2.09. The maximum absolute atomic E-state index is 12.3. The van der Waals surface area contributed by atoms with Gasteiger partial charge in [0.1, 0.15) is 5.75 Å². The quantitative estimate of drug-likeness (QED) is 0.250. The minimum Gasteiger partial charge on any atom is -0.494 e. The zero-order chi connectivity index (χ0) is 21.0. The number of hydrogen-bond donors (Lipinski definition) is 2. The fourth-order valence-electron chi connectivity index (χ4n) is 2.38. The highest BCUT2D eigenvalue weighted by molar-refractivity contribution is 7.99. The first-order valence-electron chi connectivity index (χ1n) is 8.10. The third kappa shape index (κ3) is 4.76. The van der Waals surface area contributed by atoms with Crippen LogP contribution in [0.5, 0.6) is 5.75 Å². The SMILES string of the molecule is COc1cc([N+](=O)[O-])ccc1NC(=O)CSc1nnc(-c2ccc(Cl)cc2)n1N. The van der Waals surface area contributed by atoms with Crippen molar-refractivity contribution in [3.8, 4) is 17.1 Å². The van der Waals surface area contributed by atoms with Crippen LogP contribution >= 0.6 is 23.4 Å². The van der Waals surface area contributed by atoms with E-state index in [9.17, 15) is 14.9 Å². The van der Waals surface area contributed by atoms with Crippen molar-refractivity contribution >= 4 is 40.6 Å². The van der Waals surface area contributed by atoms with Crippen LogP contribution in [0.3, 0.4) is 0 Å². The molecule has 29 heavy (non-hydrogen) atoms. The monoisotopic (exact) mass is 434 g/mol. The second-order valence-corrected chi connectivity index (χ2v) is 7.04. The topological polar surface area (TPSA) is 138 Å². The van der Waals surface area contributed by atoms with Gasteiger partial charge in [-0.25, -0.2) is 4.68 Å². The number of anilines is 1. The average Bonchev–Trinajstić information content (AvgIpc) is 3.07. The number of nitrogens with one attached hydrogen (secondary N) is 1. The van der Waals surface area contributed by atoms with Crippen LogP contribution < -0.4 is 15.9 Å². The van der Waals surface area contributed by atoms with Gasteiger partial charge in [0.15, 0.2) is 5.82 Å². The number of nitrogens with zero attached hydrogens (tertiary/aromatic N) is 4. The molecule has 1 aromatic heterocycles. The lowest BCUT2D eigenvalue weighted by atomic mass is 10.2. The van der Waals surface area contributed by atoms with E-state index in [2.05, 4.69) is 15.5 Å². The van der Waals surface area contributed by atoms with E-state index in [1.807, 2.05) is 0 Å². The summed E-state index contributed by atoms with van der Waals surface area (Å²) >= 11 is 6.97. The van der Waals surface area contributed by atoms with Crippen LogP contribution in [0.1, 0.15) is 0 Å². The van der Waals surface area contributed by atoms with Crippen LogP contribution in [-0.2, 0) is 4.79 Å². The highest BCUT2D eigenvalue weighted by Crippen LogP contribution is 2.29. The Kier molecular flexibility index (Phi) is 6.20. The number of amides is 1. The van der Waals surface area contributed by atoms with E-state index < -0.39 is 4.92 Å². The van der Waals surface area contributed by atoms with E-state index in [-0.39, 0.29) is 23.1 Å². The maximum atomic E-state index is 12.3. The molecule has 0 aliphatic rings. The number of carbonyl (C=O) groups excluding carboxylic acids is 1. The number of benzene rings is 2. The molecule has 3 rings (SSSR count). The second-order valence-electron chi connectivity index (χ2n) is 5.66. The number of nitrogen functional groups attached to an aromatic ring is 1. The number of hydrogen-bond acceptors (Lipinski definition) is 8. The molecule has 0 radical (unpaired) electrons. The predicted octanol–water partition coefficient (Wildman–Crippen LogP) is 2.96. The van der Waals surface area contributed by atoms with Crippen molar-refractivity contribution in [3.63, 3.8) is 0 Å². The summed E-state index contributed by atoms with van der Waals surface area (Å²) < 4.78 is 6.38. The zero-order valence-electron chi connectivity index (χ0n) is 15.0. The summed E-state index contributed by atoms with van der Waals surface area (Å²) in [4.78, 5) is 22.6. The smallest absolute Gasteiger partial charge is 0.273 e. The van der Waals surface area contributed by atoms with Gasteiger partial charge in [-0.2, -0.15) is 0 Å². The van der Waals surface area contributed by atoms with Crippen LogP contribution in [0.2, 0.25) is 5.02 Å². The van der Waals surface area contributed by atoms with Gasteiger partial charge in [-0.3, -0.25) is 14.9 Å². The molecular formula is C17H15ClN6O4S. The third-order valence-corrected chi connectivity index (χ3v) is 4.96. The summed E-state index contributed by atoms with van der Waals surface area (Å²) in [6.45, 7) is 0. The first kappa shape index (κ1) is 20.4. The van der Waals surface area contributed by atoms with Gasteiger partial charge in [-0.05, 0) is 30.3 Å². The number of non-ortho nitro benzene ring substituents is 1. The Labute approximate surface area is 174 Å². The van der Waals surface area contributed by atoms with E-state index >= 15 is 0 Å². The zero-order valence-corrected chi connectivity index (χ0v) is 16.6. The standard InChI is InChI=1S/C17H15ClN6O4S/c1-28-14-8-12(24(26)27)6-7-13(14)20-15(25)9-29-17-22-21-16(23(17)19)10-2-4-11(18)5-3-10/h2-8H,9,19H2,1H3,(H,20,25). The summed E-state index contributed by atoms with van der Waals surface area (Å²) in [7, 11) is 1.36. The van der Waals surface area contributed by atoms with Gasteiger partial charge >= 0.3 is 0 Å². The Hall–Kier alpha value is -3.31. The molecule has 0 fully saturated rings. The van der Waals surface area contributed by atoms with Crippen molar-refractivity contribution in [3.05, 3.63) is 57.6 Å². The number of carbonyl (C=O) groups is 1. The van der Waals surface area contributed by atoms with E-state index in [0.29, 0.717) is 21.7 Å². The van der Waals surface area contributed by atoms with E-state index in [4.69, 9.17) is 22.2 Å². The minimum atomic E-state index is -0.545. The van der Waals surface area contributed by atoms with Gasteiger partial charge in [0.2, 0.25) is 11.1 Å². The number of nitro benzene ring substituents is 1. The Balaban J connectivity index is 1.66. The number of rotatable bonds is 7. The molecule has 1 amide bonds. The number of ether oxygens (including phenoxy) is 1. The predicted molar refractivity (Wildman–Crippen MR) is 110 cm³/mol. The van der Waals surface area contributed by atoms with Crippen molar-refractivity contribution < 1.29 is 14.5 Å². The molecule has 0 saturated carbocycles. The van der Waals surface area contributed by atoms with Gasteiger partial charge in [-0.1, -0.05) is 23.4 Å². The van der Waals surface area contributed by atoms with Crippen molar-refractivity contribution in [2.24, 2.45) is 0 Å². The van der Waals surface area contributed by atoms with Crippen molar-refractivity contribution in [1.82, 2.24) is 14.9 Å². The molecule has 1 heterocycles. The summed E-state index contributed by atoms with van der Waals surface area (Å²) in [5.74, 6) is 6.28. The summed E-state index contributed by atoms with van der Waals surface area (Å²) in [5, 5.41) is 22.5. The van der Waals surface area contributed by atoms with E-state index in [1.165, 1.54) is 30.0 Å². The molecule has 12 heteroatoms. The number of methoxy groups -OCH3 is 1. The minimum absolute atomic E-state index is 0.00388. The van der Waals surface area contributed by atoms with Gasteiger partial charge in [0.05, 0.1) is 29.5 Å². The molecule has 10 nitrogen and oxygen atoms in total. The van der Waals surface area contributed by atoms with Crippen LogP contribution in [0, 0.1) is 10.1 Å². The molecule has 3 aromatic rings. The Morgan fingerprint density at radius 1 is 1.31 bits per heavy atom. The lowest BCUT2D eigenvalue weighted by Crippen LogP contribution is -2.17. The molecule has 2 aromatic carbocycles. The van der Waals surface area contributed by atoms with Crippen LogP contribution in [0.15, 0.2) is 47.6 Å². The van der Waals surface area contributed by atoms with Gasteiger partial charge < -0.3 is 15.9 Å². The summed E-state index contributed by atoms with van der Waals surface area (Å²) in [6, 6.07) is 10.9. The number of aromatic nitrogens is 3. The molecule has 0 unspecified atom stereocenters. The Morgan fingerprint density at radius 2 is 2.03 bits per heavy atom. The van der Waals surface area contributed by atoms with Crippen molar-refractivity contribution in [1.29, 1.82) is 0 Å². The van der Waals surface area contributed by atoms with Gasteiger partial charge in [-0.15, -0.1) is 10.2 Å². The highest BCUT2D eigenvalue weighted by atomic mass is 35.5. The summed E-state index contributed by atoms with van der Waals surface area (Å²) in [5.41, 5.74) is 0.913. The molecule has 0 spiro atoms. The molecule has 0 aliphatic heterocycles. The van der Waals surface area contributed by atoms with Crippen LogP contribution in [-0.4, -0.2) is 38.6 Å². The number of nitro groups is 1. The first-order valence-corrected chi connectivity index (χ1v) is 9.47. The maximum Gasteiger partial charge on any atom is 0.273 e. The molecule has 0 aliphatic carbocycles. The van der Waals surface area contributed by atoms with E-state index in [0.717, 1.165) is 17.3 Å². The van der Waals surface area contributed by atoms with Crippen molar-refractivity contribution in [2.45, 2.75) is 5.16 Å². The fourth-order valence-corrected chi connectivity index (χ4v) is 3.17. The molecule has 0 saturated heterocycles. The molecule has 0 atom stereocenters. The van der Waals surface area contributed by atoms with Gasteiger partial charge in [0.25, 0.3) is 5.69 Å². The number of halogens is 1. The second kappa shape index (κ2) is 8.80. The van der Waals surface area contributed by atoms with Crippen molar-refractivity contribution in [2.75, 3.05) is 24.0 Å². The van der Waals surface area contributed by atoms with Crippen LogP contribution in [0.25, 0.3) is 11.4 Å². The van der Waals surface area contributed by atoms with Gasteiger partial charge in [0, 0.05) is 16.7 Å². The molecule has 0 bridgehead atoms. The Morgan fingerprint density at radius 3 is 2.69 bits per heavy atom. The molecular weight excluding hydrogens is 420 g/mol.